The number of carbonyl (C=O) groups is 1. The SMILES string of the molecule is COc1ccc(N(C(=O)c2cc(S(=O)(=O)N3CCCC3)ccc2Cl)C(C)C2CC2)cc1. The maximum absolute atomic E-state index is 13.7. The van der Waals surface area contributed by atoms with Crippen molar-refractivity contribution >= 4 is 33.2 Å². The van der Waals surface area contributed by atoms with E-state index in [-0.39, 0.29) is 27.4 Å². The molecule has 2 aromatic rings. The Morgan fingerprint density at radius 1 is 1.13 bits per heavy atom. The molecule has 1 aliphatic heterocycles. The normalized spacial score (nSPS) is 18.0. The first-order valence-electron chi connectivity index (χ1n) is 10.6. The van der Waals surface area contributed by atoms with Crippen LogP contribution in [0.2, 0.25) is 5.02 Å². The molecule has 0 radical (unpaired) electrons. The molecule has 1 saturated carbocycles. The molecule has 4 rings (SSSR count). The number of carbonyl (C=O) groups excluding carboxylic acids is 1. The predicted octanol–water partition coefficient (Wildman–Crippen LogP) is 4.58. The quantitative estimate of drug-likeness (QED) is 0.604. The highest BCUT2D eigenvalue weighted by Gasteiger charge is 2.36. The minimum absolute atomic E-state index is 0.0317. The van der Waals surface area contributed by atoms with Crippen LogP contribution in [0.4, 0.5) is 5.69 Å². The summed E-state index contributed by atoms with van der Waals surface area (Å²) < 4.78 is 32.8. The fourth-order valence-electron chi connectivity index (χ4n) is 4.11. The first-order valence-corrected chi connectivity index (χ1v) is 12.4. The predicted molar refractivity (Wildman–Crippen MR) is 121 cm³/mol. The molecule has 31 heavy (non-hydrogen) atoms. The summed E-state index contributed by atoms with van der Waals surface area (Å²) in [5, 5.41) is 0.242. The number of halogens is 1. The second-order valence-corrected chi connectivity index (χ2v) is 10.5. The Morgan fingerprint density at radius 3 is 2.35 bits per heavy atom. The Morgan fingerprint density at radius 2 is 1.77 bits per heavy atom. The highest BCUT2D eigenvalue weighted by Crippen LogP contribution is 2.38. The van der Waals surface area contributed by atoms with Gasteiger partial charge in [0.25, 0.3) is 5.91 Å². The van der Waals surface area contributed by atoms with Crippen molar-refractivity contribution in [1.29, 1.82) is 0 Å². The molecule has 1 unspecified atom stereocenters. The van der Waals surface area contributed by atoms with Crippen LogP contribution in [-0.2, 0) is 10.0 Å². The Hall–Kier alpha value is -2.09. The van der Waals surface area contributed by atoms with Gasteiger partial charge >= 0.3 is 0 Å². The lowest BCUT2D eigenvalue weighted by molar-refractivity contribution is 0.0975. The molecule has 1 atom stereocenters. The monoisotopic (exact) mass is 462 g/mol. The van der Waals surface area contributed by atoms with Crippen LogP contribution in [-0.4, -0.2) is 44.9 Å². The number of benzene rings is 2. The van der Waals surface area contributed by atoms with Crippen molar-refractivity contribution in [2.45, 2.75) is 43.5 Å². The van der Waals surface area contributed by atoms with E-state index in [0.29, 0.717) is 24.8 Å². The van der Waals surface area contributed by atoms with Crippen molar-refractivity contribution < 1.29 is 17.9 Å². The lowest BCUT2D eigenvalue weighted by Gasteiger charge is -2.30. The van der Waals surface area contributed by atoms with Gasteiger partial charge < -0.3 is 9.64 Å². The zero-order chi connectivity index (χ0) is 22.2. The Bertz CT molecular complexity index is 1060. The number of amides is 1. The standard InChI is InChI=1S/C23H27ClN2O4S/c1-16(17-5-6-17)26(18-7-9-19(30-2)10-8-18)23(27)21-15-20(11-12-22(21)24)31(28,29)25-13-3-4-14-25/h7-12,15-17H,3-6,13-14H2,1-2H3. The summed E-state index contributed by atoms with van der Waals surface area (Å²) in [5.41, 5.74) is 0.930. The number of ether oxygens (including phenoxy) is 1. The average molecular weight is 463 g/mol. The maximum Gasteiger partial charge on any atom is 0.260 e. The Kier molecular flexibility index (Phi) is 6.28. The first-order chi connectivity index (χ1) is 14.8. The zero-order valence-corrected chi connectivity index (χ0v) is 19.3. The summed E-state index contributed by atoms with van der Waals surface area (Å²) in [7, 11) is -2.05. The van der Waals surface area contributed by atoms with E-state index in [0.717, 1.165) is 31.4 Å². The van der Waals surface area contributed by atoms with Gasteiger partial charge in [-0.2, -0.15) is 4.31 Å². The van der Waals surface area contributed by atoms with E-state index in [1.54, 1.807) is 12.0 Å². The van der Waals surface area contributed by atoms with Crippen LogP contribution in [0, 0.1) is 5.92 Å². The van der Waals surface area contributed by atoms with Crippen LogP contribution in [0.3, 0.4) is 0 Å². The van der Waals surface area contributed by atoms with Crippen LogP contribution >= 0.6 is 11.6 Å². The maximum atomic E-state index is 13.7. The van der Waals surface area contributed by atoms with E-state index in [4.69, 9.17) is 16.3 Å². The van der Waals surface area contributed by atoms with Gasteiger partial charge in [-0.05, 0) is 81.0 Å². The third-order valence-corrected chi connectivity index (χ3v) is 8.38. The summed E-state index contributed by atoms with van der Waals surface area (Å²) in [5.74, 6) is 0.821. The third-order valence-electron chi connectivity index (χ3n) is 6.15. The number of nitrogens with zero attached hydrogens (tertiary/aromatic N) is 2. The number of hydrogen-bond acceptors (Lipinski definition) is 4. The molecule has 6 nitrogen and oxygen atoms in total. The molecular weight excluding hydrogens is 436 g/mol. The van der Waals surface area contributed by atoms with Crippen LogP contribution in [0.1, 0.15) is 43.0 Å². The van der Waals surface area contributed by atoms with E-state index in [9.17, 15) is 13.2 Å². The summed E-state index contributed by atoms with van der Waals surface area (Å²) in [6.45, 7) is 3.04. The molecule has 2 aromatic carbocycles. The summed E-state index contributed by atoms with van der Waals surface area (Å²) >= 11 is 6.40. The summed E-state index contributed by atoms with van der Waals surface area (Å²) in [4.78, 5) is 15.5. The molecule has 8 heteroatoms. The van der Waals surface area contributed by atoms with Gasteiger partial charge in [-0.15, -0.1) is 0 Å². The number of rotatable bonds is 7. The number of sulfonamides is 1. The van der Waals surface area contributed by atoms with Gasteiger partial charge in [0.2, 0.25) is 10.0 Å². The van der Waals surface area contributed by atoms with E-state index >= 15 is 0 Å². The van der Waals surface area contributed by atoms with Crippen molar-refractivity contribution in [2.24, 2.45) is 5.92 Å². The summed E-state index contributed by atoms with van der Waals surface area (Å²) in [6, 6.07) is 11.7. The molecule has 0 N–H and O–H groups in total. The van der Waals surface area contributed by atoms with Gasteiger partial charge in [-0.1, -0.05) is 11.6 Å². The largest absolute Gasteiger partial charge is 0.497 e. The van der Waals surface area contributed by atoms with Crippen molar-refractivity contribution in [3.05, 3.63) is 53.1 Å². The minimum atomic E-state index is -3.65. The molecular formula is C23H27ClN2O4S. The van der Waals surface area contributed by atoms with Gasteiger partial charge in [0.15, 0.2) is 0 Å². The molecule has 1 aliphatic carbocycles. The van der Waals surface area contributed by atoms with Gasteiger partial charge in [0.1, 0.15) is 5.75 Å². The van der Waals surface area contributed by atoms with Crippen LogP contribution in [0.25, 0.3) is 0 Å². The van der Waals surface area contributed by atoms with Gasteiger partial charge in [0, 0.05) is 24.8 Å². The van der Waals surface area contributed by atoms with E-state index in [2.05, 4.69) is 0 Å². The minimum Gasteiger partial charge on any atom is -0.497 e. The molecule has 0 spiro atoms. The highest BCUT2D eigenvalue weighted by atomic mass is 35.5. The fraction of sp³-hybridized carbons (Fsp3) is 0.435. The lowest BCUT2D eigenvalue weighted by Crippen LogP contribution is -2.40. The van der Waals surface area contributed by atoms with Crippen molar-refractivity contribution in [3.8, 4) is 5.75 Å². The zero-order valence-electron chi connectivity index (χ0n) is 17.8. The second kappa shape index (κ2) is 8.81. The van der Waals surface area contributed by atoms with Gasteiger partial charge in [-0.25, -0.2) is 8.42 Å². The fourth-order valence-corrected chi connectivity index (χ4v) is 5.85. The molecule has 166 valence electrons. The van der Waals surface area contributed by atoms with E-state index in [1.807, 2.05) is 31.2 Å². The smallest absolute Gasteiger partial charge is 0.260 e. The van der Waals surface area contributed by atoms with E-state index < -0.39 is 10.0 Å². The van der Waals surface area contributed by atoms with Gasteiger partial charge in [0.05, 0.1) is 22.6 Å². The van der Waals surface area contributed by atoms with Crippen molar-refractivity contribution in [2.75, 3.05) is 25.1 Å². The molecule has 0 bridgehead atoms. The topological polar surface area (TPSA) is 66.9 Å². The second-order valence-electron chi connectivity index (χ2n) is 8.20. The first kappa shape index (κ1) is 22.1. The number of methoxy groups -OCH3 is 1. The van der Waals surface area contributed by atoms with E-state index in [1.165, 1.54) is 22.5 Å². The molecule has 1 amide bonds. The molecule has 1 heterocycles. The highest BCUT2D eigenvalue weighted by molar-refractivity contribution is 7.89. The lowest BCUT2D eigenvalue weighted by atomic mass is 10.1. The van der Waals surface area contributed by atoms with Crippen molar-refractivity contribution in [3.63, 3.8) is 0 Å². The molecule has 2 aliphatic rings. The van der Waals surface area contributed by atoms with Crippen molar-refractivity contribution in [1.82, 2.24) is 4.31 Å². The summed E-state index contributed by atoms with van der Waals surface area (Å²) in [6.07, 6.45) is 3.84. The van der Waals surface area contributed by atoms with Crippen LogP contribution in [0.15, 0.2) is 47.4 Å². The molecule has 0 aromatic heterocycles. The number of hydrogen-bond donors (Lipinski definition) is 0. The Labute approximate surface area is 188 Å². The van der Waals surface area contributed by atoms with Crippen LogP contribution in [0.5, 0.6) is 5.75 Å². The average Bonchev–Trinajstić information content (AvgIpc) is 3.47. The molecule has 2 fully saturated rings. The Balaban J connectivity index is 1.72. The van der Waals surface area contributed by atoms with Gasteiger partial charge in [-0.3, -0.25) is 4.79 Å². The third kappa shape index (κ3) is 4.45. The molecule has 1 saturated heterocycles. The number of anilines is 1. The van der Waals surface area contributed by atoms with Crippen LogP contribution < -0.4 is 9.64 Å².